The number of rotatable bonds is 8. The molecule has 0 saturated carbocycles. The predicted molar refractivity (Wildman–Crippen MR) is 94.3 cm³/mol. The van der Waals surface area contributed by atoms with E-state index in [2.05, 4.69) is 0 Å². The molecular weight excluding hydrogens is 372 g/mol. The molecule has 2 rings (SSSR count). The van der Waals surface area contributed by atoms with E-state index in [-0.39, 0.29) is 17.3 Å². The van der Waals surface area contributed by atoms with Crippen LogP contribution >= 0.6 is 21.7 Å². The lowest BCUT2D eigenvalue weighted by molar-refractivity contribution is 0.233. The van der Waals surface area contributed by atoms with Gasteiger partial charge in [0.05, 0.1) is 6.61 Å². The SMILES string of the molecule is Cc1cc(OCCCO)cc(OS(=O)(=O)c2cccc(SCl)c2)c1. The van der Waals surface area contributed by atoms with Crippen LogP contribution in [-0.4, -0.2) is 26.7 Å². The second kappa shape index (κ2) is 8.62. The molecule has 0 aromatic heterocycles. The standard InChI is InChI=1S/C16H17ClO5S2/c1-12-8-13(21-7-3-6-18)10-14(9-12)22-24(19,20)16-5-2-4-15(11-16)23-17/h2,4-5,8-11,18H,3,6-7H2,1H3. The smallest absolute Gasteiger partial charge is 0.339 e. The molecule has 24 heavy (non-hydrogen) atoms. The minimum Gasteiger partial charge on any atom is -0.493 e. The lowest BCUT2D eigenvalue weighted by atomic mass is 10.2. The van der Waals surface area contributed by atoms with Gasteiger partial charge in [0.15, 0.2) is 0 Å². The highest BCUT2D eigenvalue weighted by molar-refractivity contribution is 8.21. The van der Waals surface area contributed by atoms with Gasteiger partial charge in [-0.05, 0) is 64.5 Å². The molecule has 0 amide bonds. The first-order valence-electron chi connectivity index (χ1n) is 7.13. The first-order chi connectivity index (χ1) is 11.4. The molecule has 5 nitrogen and oxygen atoms in total. The molecule has 0 unspecified atom stereocenters. The quantitative estimate of drug-likeness (QED) is 0.548. The fraction of sp³-hybridized carbons (Fsp3) is 0.250. The van der Waals surface area contributed by atoms with Crippen LogP contribution in [0.4, 0.5) is 0 Å². The summed E-state index contributed by atoms with van der Waals surface area (Å²) in [6.07, 6.45) is 0.491. The third-order valence-corrected chi connectivity index (χ3v) is 5.19. The van der Waals surface area contributed by atoms with Crippen molar-refractivity contribution in [3.8, 4) is 11.5 Å². The number of halogens is 1. The molecule has 0 heterocycles. The molecule has 2 aromatic carbocycles. The number of hydrogen-bond donors (Lipinski definition) is 1. The fourth-order valence-electron chi connectivity index (χ4n) is 1.95. The Kier molecular flexibility index (Phi) is 6.79. The number of aliphatic hydroxyl groups is 1. The number of hydrogen-bond acceptors (Lipinski definition) is 6. The summed E-state index contributed by atoms with van der Waals surface area (Å²) in [5, 5.41) is 8.78. The zero-order valence-corrected chi connectivity index (χ0v) is 15.3. The molecule has 0 aliphatic carbocycles. The average molecular weight is 389 g/mol. The maximum absolute atomic E-state index is 12.4. The van der Waals surface area contributed by atoms with Crippen LogP contribution in [0.1, 0.15) is 12.0 Å². The zero-order valence-electron chi connectivity index (χ0n) is 12.9. The second-order valence-corrected chi connectivity index (χ2v) is 7.63. The molecule has 0 aliphatic rings. The predicted octanol–water partition coefficient (Wildman–Crippen LogP) is 3.77. The van der Waals surface area contributed by atoms with Gasteiger partial charge in [0.1, 0.15) is 16.4 Å². The zero-order chi connectivity index (χ0) is 17.6. The van der Waals surface area contributed by atoms with Crippen molar-refractivity contribution in [3.63, 3.8) is 0 Å². The summed E-state index contributed by atoms with van der Waals surface area (Å²) in [4.78, 5) is 0.635. The summed E-state index contributed by atoms with van der Waals surface area (Å²) in [6.45, 7) is 2.17. The third kappa shape index (κ3) is 5.31. The van der Waals surface area contributed by atoms with E-state index in [1.165, 1.54) is 18.2 Å². The van der Waals surface area contributed by atoms with E-state index in [1.54, 1.807) is 24.3 Å². The van der Waals surface area contributed by atoms with E-state index in [1.807, 2.05) is 6.92 Å². The molecule has 130 valence electrons. The lowest BCUT2D eigenvalue weighted by Crippen LogP contribution is -2.10. The summed E-state index contributed by atoms with van der Waals surface area (Å²) in [6, 6.07) is 11.1. The maximum Gasteiger partial charge on any atom is 0.339 e. The molecule has 2 aromatic rings. The Morgan fingerprint density at radius 3 is 2.62 bits per heavy atom. The molecule has 8 heteroatoms. The molecular formula is C16H17ClO5S2. The van der Waals surface area contributed by atoms with Gasteiger partial charge in [-0.25, -0.2) is 0 Å². The van der Waals surface area contributed by atoms with Gasteiger partial charge in [-0.15, -0.1) is 0 Å². The largest absolute Gasteiger partial charge is 0.493 e. The number of aryl methyl sites for hydroxylation is 1. The minimum absolute atomic E-state index is 0.0254. The Morgan fingerprint density at radius 2 is 1.92 bits per heavy atom. The molecule has 1 N–H and O–H groups in total. The molecule has 0 fully saturated rings. The Balaban J connectivity index is 2.22. The highest BCUT2D eigenvalue weighted by atomic mass is 35.7. The molecule has 0 spiro atoms. The number of ether oxygens (including phenoxy) is 1. The van der Waals surface area contributed by atoms with Gasteiger partial charge in [-0.1, -0.05) is 6.07 Å². The van der Waals surface area contributed by atoms with Gasteiger partial charge in [-0.3, -0.25) is 0 Å². The molecule has 0 bridgehead atoms. The van der Waals surface area contributed by atoms with Gasteiger partial charge < -0.3 is 14.0 Å². The lowest BCUT2D eigenvalue weighted by Gasteiger charge is -2.11. The molecule has 0 saturated heterocycles. The van der Waals surface area contributed by atoms with Crippen LogP contribution < -0.4 is 8.92 Å². The van der Waals surface area contributed by atoms with Gasteiger partial charge >= 0.3 is 10.1 Å². The van der Waals surface area contributed by atoms with Gasteiger partial charge in [0, 0.05) is 24.0 Å². The molecule has 0 aliphatic heterocycles. The van der Waals surface area contributed by atoms with Crippen molar-refractivity contribution in [1.29, 1.82) is 0 Å². The molecule has 0 atom stereocenters. The van der Waals surface area contributed by atoms with Crippen molar-refractivity contribution in [1.82, 2.24) is 0 Å². The van der Waals surface area contributed by atoms with Crippen LogP contribution in [0.15, 0.2) is 52.3 Å². The Labute approximate surface area is 150 Å². The maximum atomic E-state index is 12.4. The number of aliphatic hydroxyl groups excluding tert-OH is 1. The van der Waals surface area contributed by atoms with Crippen LogP contribution in [0.2, 0.25) is 0 Å². The van der Waals surface area contributed by atoms with E-state index >= 15 is 0 Å². The Bertz CT molecular complexity index is 793. The van der Waals surface area contributed by atoms with E-state index in [4.69, 9.17) is 24.7 Å². The minimum atomic E-state index is -3.97. The van der Waals surface area contributed by atoms with E-state index < -0.39 is 10.1 Å². The average Bonchev–Trinajstić information content (AvgIpc) is 2.54. The first-order valence-corrected chi connectivity index (χ1v) is 10.2. The summed E-state index contributed by atoms with van der Waals surface area (Å²) in [5.74, 6) is 0.650. The third-order valence-electron chi connectivity index (χ3n) is 2.98. The van der Waals surface area contributed by atoms with E-state index in [0.29, 0.717) is 23.7 Å². The van der Waals surface area contributed by atoms with Crippen molar-refractivity contribution in [2.24, 2.45) is 0 Å². The van der Waals surface area contributed by atoms with Crippen LogP contribution in [0.25, 0.3) is 0 Å². The Morgan fingerprint density at radius 1 is 1.17 bits per heavy atom. The van der Waals surface area contributed by atoms with Crippen molar-refractivity contribution in [3.05, 3.63) is 48.0 Å². The highest BCUT2D eigenvalue weighted by Gasteiger charge is 2.18. The monoisotopic (exact) mass is 388 g/mol. The summed E-state index contributed by atoms with van der Waals surface area (Å²) < 4.78 is 35.5. The first kappa shape index (κ1) is 18.9. The molecule has 0 radical (unpaired) electrons. The van der Waals surface area contributed by atoms with Crippen LogP contribution in [-0.2, 0) is 10.1 Å². The van der Waals surface area contributed by atoms with Gasteiger partial charge in [0.25, 0.3) is 0 Å². The highest BCUT2D eigenvalue weighted by Crippen LogP contribution is 2.28. The normalized spacial score (nSPS) is 11.3. The summed E-state index contributed by atoms with van der Waals surface area (Å²) >= 11 is 0. The van der Waals surface area contributed by atoms with Crippen molar-refractivity contribution in [2.75, 3.05) is 13.2 Å². The van der Waals surface area contributed by atoms with Gasteiger partial charge in [-0.2, -0.15) is 8.42 Å². The van der Waals surface area contributed by atoms with E-state index in [9.17, 15) is 8.42 Å². The Hall–Kier alpha value is -1.41. The van der Waals surface area contributed by atoms with Crippen LogP contribution in [0.5, 0.6) is 11.5 Å². The van der Waals surface area contributed by atoms with Crippen molar-refractivity contribution < 1.29 is 22.4 Å². The van der Waals surface area contributed by atoms with E-state index in [0.717, 1.165) is 16.5 Å². The summed E-state index contributed by atoms with van der Waals surface area (Å²) in [7, 11) is 2.62. The van der Waals surface area contributed by atoms with Crippen molar-refractivity contribution >= 4 is 31.8 Å². The number of benzene rings is 2. The topological polar surface area (TPSA) is 72.8 Å². The van der Waals surface area contributed by atoms with Gasteiger partial charge in [0.2, 0.25) is 0 Å². The van der Waals surface area contributed by atoms with Crippen molar-refractivity contribution in [2.45, 2.75) is 23.1 Å². The fourth-order valence-corrected chi connectivity index (χ4v) is 3.58. The summed E-state index contributed by atoms with van der Waals surface area (Å²) in [5.41, 5.74) is 0.798. The second-order valence-electron chi connectivity index (χ2n) is 5.00. The van der Waals surface area contributed by atoms with Crippen LogP contribution in [0, 0.1) is 6.92 Å². The van der Waals surface area contributed by atoms with Crippen LogP contribution in [0.3, 0.4) is 0 Å².